The van der Waals surface area contributed by atoms with Gasteiger partial charge in [0, 0.05) is 11.8 Å². The van der Waals surface area contributed by atoms with Crippen molar-refractivity contribution < 1.29 is 9.53 Å². The number of carbonyl (C=O) groups is 1. The second-order valence-corrected chi connectivity index (χ2v) is 4.42. The second kappa shape index (κ2) is 5.69. The lowest BCUT2D eigenvalue weighted by Crippen LogP contribution is -2.18. The number of methoxy groups -OCH3 is 1. The van der Waals surface area contributed by atoms with Crippen LogP contribution in [0.4, 0.5) is 5.82 Å². The summed E-state index contributed by atoms with van der Waals surface area (Å²) in [7, 11) is 1.37. The van der Waals surface area contributed by atoms with Gasteiger partial charge in [0.1, 0.15) is 11.1 Å². The lowest BCUT2D eigenvalue weighted by atomic mass is 10.3. The van der Waals surface area contributed by atoms with E-state index in [2.05, 4.69) is 14.7 Å². The van der Waals surface area contributed by atoms with Crippen molar-refractivity contribution in [2.75, 3.05) is 12.8 Å². The van der Waals surface area contributed by atoms with E-state index in [1.165, 1.54) is 18.9 Å². The zero-order valence-electron chi connectivity index (χ0n) is 9.56. The van der Waals surface area contributed by atoms with E-state index in [1.54, 1.807) is 6.07 Å². The maximum absolute atomic E-state index is 11.4. The van der Waals surface area contributed by atoms with Crippen LogP contribution in [0.5, 0.6) is 0 Å². The number of hydrogen-bond donors (Lipinski definition) is 1. The topological polar surface area (TPSA) is 78.1 Å². The largest absolute Gasteiger partial charge is 0.468 e. The van der Waals surface area contributed by atoms with E-state index in [-0.39, 0.29) is 11.2 Å². The molecule has 1 aromatic rings. The van der Waals surface area contributed by atoms with Gasteiger partial charge in [0.05, 0.1) is 7.11 Å². The Kier molecular flexibility index (Phi) is 4.54. The smallest absolute Gasteiger partial charge is 0.319 e. The first-order chi connectivity index (χ1) is 7.56. The summed E-state index contributed by atoms with van der Waals surface area (Å²) in [4.78, 5) is 19.7. The zero-order chi connectivity index (χ0) is 12.1. The molecule has 0 spiro atoms. The molecule has 0 unspecified atom stereocenters. The molecule has 2 N–H and O–H groups in total. The van der Waals surface area contributed by atoms with Gasteiger partial charge in [-0.15, -0.1) is 0 Å². The standard InChI is InChI=1S/C10H15N3O2S/c1-4-7(9(14)15-3)16-10-12-6(2)5-8(11)13-10/h5,7H,4H2,1-3H3,(H2,11,12,13)/t7-/m1/s1. The summed E-state index contributed by atoms with van der Waals surface area (Å²) in [5, 5.41) is 0.223. The average Bonchev–Trinajstić information content (AvgIpc) is 2.23. The van der Waals surface area contributed by atoms with Gasteiger partial charge in [-0.05, 0) is 13.3 Å². The highest BCUT2D eigenvalue weighted by Crippen LogP contribution is 2.23. The number of rotatable bonds is 4. The number of carbonyl (C=O) groups excluding carboxylic acids is 1. The number of anilines is 1. The van der Waals surface area contributed by atoms with E-state index >= 15 is 0 Å². The van der Waals surface area contributed by atoms with Crippen molar-refractivity contribution in [2.24, 2.45) is 0 Å². The number of aromatic nitrogens is 2. The molecule has 6 heteroatoms. The van der Waals surface area contributed by atoms with E-state index in [4.69, 9.17) is 5.73 Å². The number of thioether (sulfide) groups is 1. The van der Waals surface area contributed by atoms with E-state index in [0.717, 1.165) is 5.69 Å². The van der Waals surface area contributed by atoms with Crippen molar-refractivity contribution in [1.29, 1.82) is 0 Å². The highest BCUT2D eigenvalue weighted by molar-refractivity contribution is 8.00. The normalized spacial score (nSPS) is 12.2. The summed E-state index contributed by atoms with van der Waals surface area (Å²) < 4.78 is 4.69. The Hall–Kier alpha value is -1.30. The van der Waals surface area contributed by atoms with Gasteiger partial charge >= 0.3 is 5.97 Å². The van der Waals surface area contributed by atoms with Crippen molar-refractivity contribution in [2.45, 2.75) is 30.7 Å². The van der Waals surface area contributed by atoms with Crippen LogP contribution in [0.15, 0.2) is 11.2 Å². The van der Waals surface area contributed by atoms with Gasteiger partial charge < -0.3 is 10.5 Å². The highest BCUT2D eigenvalue weighted by Gasteiger charge is 2.20. The SMILES string of the molecule is CC[C@@H](Sc1nc(C)cc(N)n1)C(=O)OC. The van der Waals surface area contributed by atoms with Crippen molar-refractivity contribution in [3.05, 3.63) is 11.8 Å². The summed E-state index contributed by atoms with van der Waals surface area (Å²) in [5.74, 6) is 0.144. The average molecular weight is 241 g/mol. The molecule has 0 aromatic carbocycles. The van der Waals surface area contributed by atoms with Crippen molar-refractivity contribution >= 4 is 23.5 Å². The molecular weight excluding hydrogens is 226 g/mol. The van der Waals surface area contributed by atoms with E-state index in [1.807, 2.05) is 13.8 Å². The molecule has 0 amide bonds. The number of ether oxygens (including phenoxy) is 1. The van der Waals surface area contributed by atoms with Crippen molar-refractivity contribution in [3.8, 4) is 0 Å². The number of esters is 1. The Morgan fingerprint density at radius 1 is 1.62 bits per heavy atom. The number of hydrogen-bond acceptors (Lipinski definition) is 6. The van der Waals surface area contributed by atoms with E-state index < -0.39 is 0 Å². The molecule has 1 aromatic heterocycles. The molecule has 0 aliphatic rings. The Balaban J connectivity index is 2.81. The lowest BCUT2D eigenvalue weighted by Gasteiger charge is -2.11. The first-order valence-corrected chi connectivity index (χ1v) is 5.80. The molecular formula is C10H15N3O2S. The first-order valence-electron chi connectivity index (χ1n) is 4.92. The minimum Gasteiger partial charge on any atom is -0.468 e. The van der Waals surface area contributed by atoms with Crippen LogP contribution in [0.2, 0.25) is 0 Å². The van der Waals surface area contributed by atoms with Gasteiger partial charge in [0.15, 0.2) is 5.16 Å². The number of aryl methyl sites for hydroxylation is 1. The van der Waals surface area contributed by atoms with Crippen molar-refractivity contribution in [1.82, 2.24) is 9.97 Å². The molecule has 16 heavy (non-hydrogen) atoms. The van der Waals surface area contributed by atoms with Crippen LogP contribution in [-0.4, -0.2) is 28.3 Å². The quantitative estimate of drug-likeness (QED) is 0.488. The fourth-order valence-electron chi connectivity index (χ4n) is 1.17. The van der Waals surface area contributed by atoms with Gasteiger partial charge in [0.25, 0.3) is 0 Å². The minimum atomic E-state index is -0.286. The number of nitrogens with two attached hydrogens (primary N) is 1. The van der Waals surface area contributed by atoms with Crippen LogP contribution in [0.25, 0.3) is 0 Å². The van der Waals surface area contributed by atoms with Gasteiger partial charge in [-0.25, -0.2) is 9.97 Å². The Morgan fingerprint density at radius 2 is 2.31 bits per heavy atom. The Labute approximate surface area is 98.8 Å². The number of nitrogens with zero attached hydrogens (tertiary/aromatic N) is 2. The zero-order valence-corrected chi connectivity index (χ0v) is 10.4. The minimum absolute atomic E-state index is 0.267. The highest BCUT2D eigenvalue weighted by atomic mass is 32.2. The Bertz CT molecular complexity index is 364. The third-order valence-electron chi connectivity index (χ3n) is 1.94. The van der Waals surface area contributed by atoms with E-state index in [0.29, 0.717) is 17.4 Å². The summed E-state index contributed by atoms with van der Waals surface area (Å²) in [6, 6.07) is 1.68. The summed E-state index contributed by atoms with van der Waals surface area (Å²) in [5.41, 5.74) is 6.39. The third-order valence-corrected chi connectivity index (χ3v) is 3.14. The van der Waals surface area contributed by atoms with Crippen LogP contribution < -0.4 is 5.73 Å². The van der Waals surface area contributed by atoms with E-state index in [9.17, 15) is 4.79 Å². The molecule has 0 saturated heterocycles. The second-order valence-electron chi connectivity index (χ2n) is 3.25. The molecule has 0 aliphatic heterocycles. The Morgan fingerprint density at radius 3 is 2.81 bits per heavy atom. The maximum Gasteiger partial charge on any atom is 0.319 e. The predicted octanol–water partition coefficient (Wildman–Crippen LogP) is 1.41. The third kappa shape index (κ3) is 3.37. The van der Waals surface area contributed by atoms with Gasteiger partial charge in [0.2, 0.25) is 0 Å². The fraction of sp³-hybridized carbons (Fsp3) is 0.500. The van der Waals surface area contributed by atoms with Gasteiger partial charge in [-0.1, -0.05) is 18.7 Å². The molecule has 1 atom stereocenters. The van der Waals surface area contributed by atoms with Crippen LogP contribution in [0.3, 0.4) is 0 Å². The monoisotopic (exact) mass is 241 g/mol. The summed E-state index contributed by atoms with van der Waals surface area (Å²) in [6.45, 7) is 3.74. The maximum atomic E-state index is 11.4. The van der Waals surface area contributed by atoms with Gasteiger partial charge in [-0.3, -0.25) is 4.79 Å². The van der Waals surface area contributed by atoms with Crippen LogP contribution >= 0.6 is 11.8 Å². The molecule has 5 nitrogen and oxygen atoms in total. The van der Waals surface area contributed by atoms with Gasteiger partial charge in [-0.2, -0.15) is 0 Å². The molecule has 1 heterocycles. The molecule has 0 saturated carbocycles. The van der Waals surface area contributed by atoms with Crippen LogP contribution in [0, 0.1) is 6.92 Å². The van der Waals surface area contributed by atoms with Crippen LogP contribution in [-0.2, 0) is 9.53 Å². The fourth-order valence-corrected chi connectivity index (χ4v) is 2.14. The molecule has 0 radical (unpaired) electrons. The molecule has 0 fully saturated rings. The number of nitrogen functional groups attached to an aromatic ring is 1. The lowest BCUT2D eigenvalue weighted by molar-refractivity contribution is -0.140. The molecule has 88 valence electrons. The summed E-state index contributed by atoms with van der Waals surface area (Å²) >= 11 is 1.27. The predicted molar refractivity (Wildman–Crippen MR) is 63.1 cm³/mol. The first kappa shape index (κ1) is 12.8. The van der Waals surface area contributed by atoms with Crippen molar-refractivity contribution in [3.63, 3.8) is 0 Å². The molecule has 1 rings (SSSR count). The molecule has 0 aliphatic carbocycles. The summed E-state index contributed by atoms with van der Waals surface area (Å²) in [6.07, 6.45) is 0.661. The molecule has 0 bridgehead atoms. The van der Waals surface area contributed by atoms with Crippen LogP contribution in [0.1, 0.15) is 19.0 Å².